The van der Waals surface area contributed by atoms with Crippen LogP contribution in [0.15, 0.2) is 0 Å². The molecule has 0 amide bonds. The second-order valence-electron chi connectivity index (χ2n) is 1.05. The van der Waals surface area contributed by atoms with Gasteiger partial charge in [-0.15, -0.1) is 0 Å². The van der Waals surface area contributed by atoms with Gasteiger partial charge in [-0.1, -0.05) is 0 Å². The van der Waals surface area contributed by atoms with Gasteiger partial charge in [-0.05, 0) is 6.92 Å². The molecule has 0 aromatic carbocycles. The van der Waals surface area contributed by atoms with Crippen LogP contribution in [0.3, 0.4) is 0 Å². The summed E-state index contributed by atoms with van der Waals surface area (Å²) in [6, 6.07) is -0.440. The molecule has 6 heavy (non-hydrogen) atoms. The third-order valence-corrected chi connectivity index (χ3v) is 0.408. The van der Waals surface area contributed by atoms with Gasteiger partial charge in [0.2, 0.25) is 0 Å². The Morgan fingerprint density at radius 1 is 2.00 bits per heavy atom. The highest BCUT2D eigenvalue weighted by atomic mass is 16.5. The van der Waals surface area contributed by atoms with Crippen LogP contribution in [0.25, 0.3) is 0 Å². The highest BCUT2D eigenvalue weighted by molar-refractivity contribution is 5.56. The van der Waals surface area contributed by atoms with Crippen LogP contribution in [0.5, 0.6) is 0 Å². The first kappa shape index (κ1) is 5.59. The van der Waals surface area contributed by atoms with E-state index >= 15 is 0 Å². The first-order chi connectivity index (χ1) is 2.81. The van der Waals surface area contributed by atoms with Crippen molar-refractivity contribution in [2.24, 2.45) is 0 Å². The standard InChI is InChI=1S/C3H7NO2/c1-3(2-5)4-6/h2-4,6H,1H3. The normalized spacial score (nSPS) is 13.7. The summed E-state index contributed by atoms with van der Waals surface area (Å²) in [4.78, 5) is 9.51. The lowest BCUT2D eigenvalue weighted by molar-refractivity contribution is -0.111. The smallest absolute Gasteiger partial charge is 0.138 e. The second-order valence-corrected chi connectivity index (χ2v) is 1.05. The molecule has 3 heteroatoms. The molecule has 0 aliphatic rings. The van der Waals surface area contributed by atoms with Crippen LogP contribution in [0.1, 0.15) is 6.92 Å². The number of rotatable bonds is 2. The van der Waals surface area contributed by atoms with Crippen molar-refractivity contribution in [3.63, 3.8) is 0 Å². The van der Waals surface area contributed by atoms with Gasteiger partial charge >= 0.3 is 0 Å². The van der Waals surface area contributed by atoms with E-state index in [-0.39, 0.29) is 0 Å². The van der Waals surface area contributed by atoms with Crippen molar-refractivity contribution >= 4 is 6.29 Å². The molecule has 1 atom stereocenters. The van der Waals surface area contributed by atoms with E-state index in [1.54, 1.807) is 12.4 Å². The first-order valence-electron chi connectivity index (χ1n) is 1.66. The van der Waals surface area contributed by atoms with Gasteiger partial charge < -0.3 is 10.0 Å². The first-order valence-corrected chi connectivity index (χ1v) is 1.66. The summed E-state index contributed by atoms with van der Waals surface area (Å²) in [5, 5.41) is 7.85. The predicted molar refractivity (Wildman–Crippen MR) is 20.4 cm³/mol. The van der Waals surface area contributed by atoms with Crippen LogP contribution in [-0.4, -0.2) is 17.5 Å². The lowest BCUT2D eigenvalue weighted by Crippen LogP contribution is -2.22. The van der Waals surface area contributed by atoms with E-state index in [1.807, 2.05) is 0 Å². The molecule has 2 N–H and O–H groups in total. The Bertz CT molecular complexity index is 46.1. The Kier molecular flexibility index (Phi) is 2.62. The van der Waals surface area contributed by atoms with Crippen molar-refractivity contribution in [3.05, 3.63) is 0 Å². The summed E-state index contributed by atoms with van der Waals surface area (Å²) in [7, 11) is 0. The average molecular weight is 89.1 g/mol. The number of hydroxylamine groups is 1. The molecule has 3 nitrogen and oxygen atoms in total. The van der Waals surface area contributed by atoms with Gasteiger partial charge in [0.15, 0.2) is 0 Å². The molecule has 0 aliphatic carbocycles. The highest BCUT2D eigenvalue weighted by Gasteiger charge is 1.88. The number of aldehydes is 1. The molecule has 0 heterocycles. The van der Waals surface area contributed by atoms with E-state index in [9.17, 15) is 4.79 Å². The van der Waals surface area contributed by atoms with Crippen LogP contribution >= 0.6 is 0 Å². The molecular weight excluding hydrogens is 82.0 g/mol. The molecule has 36 valence electrons. The Morgan fingerprint density at radius 2 is 2.50 bits per heavy atom. The number of carbonyl (C=O) groups is 1. The van der Waals surface area contributed by atoms with E-state index in [0.29, 0.717) is 6.29 Å². The van der Waals surface area contributed by atoms with Crippen LogP contribution in [0.2, 0.25) is 0 Å². The van der Waals surface area contributed by atoms with Crippen LogP contribution in [0, 0.1) is 0 Å². The van der Waals surface area contributed by atoms with Gasteiger partial charge in [-0.2, -0.15) is 5.48 Å². The maximum Gasteiger partial charge on any atom is 0.138 e. The SMILES string of the molecule is CC(C=O)NO. The molecular formula is C3H7NO2. The summed E-state index contributed by atoms with van der Waals surface area (Å²) in [5.41, 5.74) is 1.75. The molecule has 0 saturated carbocycles. The van der Waals surface area contributed by atoms with Gasteiger partial charge in [0.25, 0.3) is 0 Å². The third kappa shape index (κ3) is 1.87. The molecule has 1 unspecified atom stereocenters. The molecule has 0 fully saturated rings. The zero-order valence-corrected chi connectivity index (χ0v) is 3.51. The fourth-order valence-corrected chi connectivity index (χ4v) is 0.0304. The summed E-state index contributed by atoms with van der Waals surface area (Å²) in [6.45, 7) is 1.55. The van der Waals surface area contributed by atoms with E-state index in [2.05, 4.69) is 0 Å². The molecule has 0 radical (unpaired) electrons. The Morgan fingerprint density at radius 3 is 2.50 bits per heavy atom. The van der Waals surface area contributed by atoms with E-state index in [4.69, 9.17) is 5.21 Å². The van der Waals surface area contributed by atoms with Gasteiger partial charge in [0, 0.05) is 0 Å². The van der Waals surface area contributed by atoms with E-state index in [0.717, 1.165) is 0 Å². The quantitative estimate of drug-likeness (QED) is 0.356. The fraction of sp³-hybridized carbons (Fsp3) is 0.667. The van der Waals surface area contributed by atoms with Crippen LogP contribution < -0.4 is 5.48 Å². The lowest BCUT2D eigenvalue weighted by atomic mass is 10.4. The summed E-state index contributed by atoms with van der Waals surface area (Å²) >= 11 is 0. The molecule has 0 bridgehead atoms. The number of carbonyl (C=O) groups excluding carboxylic acids is 1. The summed E-state index contributed by atoms with van der Waals surface area (Å²) in [5.74, 6) is 0. The fourth-order valence-electron chi connectivity index (χ4n) is 0.0304. The third-order valence-electron chi connectivity index (χ3n) is 0.408. The van der Waals surface area contributed by atoms with Crippen molar-refractivity contribution in [2.45, 2.75) is 13.0 Å². The number of nitrogens with one attached hydrogen (secondary N) is 1. The summed E-state index contributed by atoms with van der Waals surface area (Å²) < 4.78 is 0. The molecule has 0 rings (SSSR count). The minimum atomic E-state index is -0.440. The van der Waals surface area contributed by atoms with Crippen molar-refractivity contribution in [3.8, 4) is 0 Å². The topological polar surface area (TPSA) is 49.3 Å². The van der Waals surface area contributed by atoms with Gasteiger partial charge in [0.05, 0.1) is 6.04 Å². The molecule has 0 spiro atoms. The highest BCUT2D eigenvalue weighted by Crippen LogP contribution is 1.63. The monoisotopic (exact) mass is 89.0 g/mol. The van der Waals surface area contributed by atoms with E-state index in [1.165, 1.54) is 0 Å². The second kappa shape index (κ2) is 2.81. The van der Waals surface area contributed by atoms with Gasteiger partial charge in [0.1, 0.15) is 6.29 Å². The van der Waals surface area contributed by atoms with Crippen LogP contribution in [-0.2, 0) is 4.79 Å². The molecule has 0 saturated heterocycles. The Labute approximate surface area is 35.9 Å². The van der Waals surface area contributed by atoms with Gasteiger partial charge in [-0.3, -0.25) is 0 Å². The summed E-state index contributed by atoms with van der Waals surface area (Å²) in [6.07, 6.45) is 0.611. The van der Waals surface area contributed by atoms with Gasteiger partial charge in [-0.25, -0.2) is 0 Å². The largest absolute Gasteiger partial charge is 0.316 e. The average Bonchev–Trinajstić information content (AvgIpc) is 1.65. The Balaban J connectivity index is 2.96. The minimum Gasteiger partial charge on any atom is -0.316 e. The van der Waals surface area contributed by atoms with Crippen molar-refractivity contribution < 1.29 is 10.0 Å². The van der Waals surface area contributed by atoms with Crippen LogP contribution in [0.4, 0.5) is 0 Å². The van der Waals surface area contributed by atoms with Crippen molar-refractivity contribution in [2.75, 3.05) is 0 Å². The predicted octanol–water partition coefficient (Wildman–Crippen LogP) is -0.447. The zero-order chi connectivity index (χ0) is 4.99. The number of hydrogen-bond acceptors (Lipinski definition) is 3. The number of hydrogen-bond donors (Lipinski definition) is 2. The maximum atomic E-state index is 9.51. The zero-order valence-electron chi connectivity index (χ0n) is 3.51. The van der Waals surface area contributed by atoms with Crippen molar-refractivity contribution in [1.29, 1.82) is 0 Å². The molecule has 0 aromatic heterocycles. The van der Waals surface area contributed by atoms with Crippen molar-refractivity contribution in [1.82, 2.24) is 5.48 Å². The minimum absolute atomic E-state index is 0.440. The molecule has 0 aliphatic heterocycles. The Hall–Kier alpha value is -0.410. The maximum absolute atomic E-state index is 9.51. The van der Waals surface area contributed by atoms with E-state index < -0.39 is 6.04 Å². The molecule has 0 aromatic rings. The lowest BCUT2D eigenvalue weighted by Gasteiger charge is -1.92.